The van der Waals surface area contributed by atoms with Gasteiger partial charge in [0.15, 0.2) is 0 Å². The number of hydrogen-bond donors (Lipinski definition) is 3. The number of aromatic amines is 1. The summed E-state index contributed by atoms with van der Waals surface area (Å²) in [6.45, 7) is 5.71. The van der Waals surface area contributed by atoms with Crippen LogP contribution < -0.4 is 11.1 Å². The Morgan fingerprint density at radius 2 is 2.16 bits per heavy atom. The van der Waals surface area contributed by atoms with E-state index in [2.05, 4.69) is 28.2 Å². The molecule has 2 amide bonds. The predicted molar refractivity (Wildman–Crippen MR) is 117 cm³/mol. The number of hydrogen-bond acceptors (Lipinski definition) is 5. The normalized spacial score (nSPS) is 15.8. The van der Waals surface area contributed by atoms with Crippen molar-refractivity contribution in [3.63, 3.8) is 0 Å². The molecule has 3 heterocycles. The second-order valence-corrected chi connectivity index (χ2v) is 8.00. The molecule has 8 heteroatoms. The van der Waals surface area contributed by atoms with Gasteiger partial charge in [-0.3, -0.25) is 14.7 Å². The summed E-state index contributed by atoms with van der Waals surface area (Å²) in [5.41, 5.74) is 12.2. The maximum absolute atomic E-state index is 13.1. The minimum atomic E-state index is -0.283. The fraction of sp³-hybridized carbons (Fsp3) is 0.261. The van der Waals surface area contributed by atoms with Gasteiger partial charge in [-0.05, 0) is 34.9 Å². The lowest BCUT2D eigenvalue weighted by atomic mass is 9.93. The van der Waals surface area contributed by atoms with Gasteiger partial charge in [0.25, 0.3) is 5.91 Å². The van der Waals surface area contributed by atoms with Gasteiger partial charge in [-0.25, -0.2) is 0 Å². The summed E-state index contributed by atoms with van der Waals surface area (Å²) >= 11 is 0. The van der Waals surface area contributed by atoms with Crippen molar-refractivity contribution < 1.29 is 14.3 Å². The van der Waals surface area contributed by atoms with Crippen LogP contribution in [-0.2, 0) is 16.1 Å². The third-order valence-corrected chi connectivity index (χ3v) is 6.07. The maximum atomic E-state index is 13.1. The molecule has 1 fully saturated rings. The number of H-pyrrole nitrogens is 1. The van der Waals surface area contributed by atoms with E-state index in [4.69, 9.17) is 10.5 Å². The van der Waals surface area contributed by atoms with Crippen molar-refractivity contribution >= 4 is 28.4 Å². The van der Waals surface area contributed by atoms with Crippen molar-refractivity contribution in [3.8, 4) is 11.1 Å². The molecular formula is C23H23N5O3. The highest BCUT2D eigenvalue weighted by Crippen LogP contribution is 2.38. The summed E-state index contributed by atoms with van der Waals surface area (Å²) in [7, 11) is 1.54. The first-order chi connectivity index (χ1) is 15.0. The largest absolute Gasteiger partial charge is 0.398 e. The van der Waals surface area contributed by atoms with Gasteiger partial charge in [0, 0.05) is 36.2 Å². The van der Waals surface area contributed by atoms with E-state index in [-0.39, 0.29) is 18.4 Å². The molecule has 8 nitrogen and oxygen atoms in total. The molecule has 0 radical (unpaired) electrons. The summed E-state index contributed by atoms with van der Waals surface area (Å²) in [4.78, 5) is 26.5. The van der Waals surface area contributed by atoms with E-state index in [0.29, 0.717) is 42.5 Å². The molecule has 2 aliphatic rings. The third-order valence-electron chi connectivity index (χ3n) is 6.07. The van der Waals surface area contributed by atoms with Crippen LogP contribution in [0.2, 0.25) is 0 Å². The number of aromatic nitrogens is 2. The zero-order chi connectivity index (χ0) is 21.7. The average molecular weight is 417 g/mol. The van der Waals surface area contributed by atoms with Gasteiger partial charge >= 0.3 is 0 Å². The van der Waals surface area contributed by atoms with Crippen LogP contribution in [0.15, 0.2) is 42.5 Å². The van der Waals surface area contributed by atoms with E-state index in [1.165, 1.54) is 0 Å². The minimum Gasteiger partial charge on any atom is -0.398 e. The lowest BCUT2D eigenvalue weighted by Crippen LogP contribution is -2.31. The highest BCUT2D eigenvalue weighted by atomic mass is 16.5. The van der Waals surface area contributed by atoms with Gasteiger partial charge in [-0.1, -0.05) is 18.7 Å². The lowest BCUT2D eigenvalue weighted by molar-refractivity contribution is -0.117. The predicted octanol–water partition coefficient (Wildman–Crippen LogP) is 2.18. The topological polar surface area (TPSA) is 113 Å². The number of rotatable bonds is 5. The SMILES string of the molecule is C=C(CN1Cc2c(-c3ccc4n[nH]c(C5COC5)c4c3)ccc(N)c2C1=O)C(=O)NC. The number of nitrogens with two attached hydrogens (primary N) is 1. The third kappa shape index (κ3) is 3.07. The standard InChI is InChI=1S/C23H23N5O3/c1-12(22(29)25-2)8-28-9-17-15(4-5-18(24)20(17)23(28)30)13-3-6-19-16(7-13)21(27-26-19)14-10-31-11-14/h3-7,14H,1,8-11,24H2,2H3,(H,25,29)(H,26,27). The first-order valence-corrected chi connectivity index (χ1v) is 10.1. The molecule has 4 N–H and O–H groups in total. The molecule has 0 unspecified atom stereocenters. The van der Waals surface area contributed by atoms with Gasteiger partial charge in [0.1, 0.15) is 0 Å². The maximum Gasteiger partial charge on any atom is 0.256 e. The molecule has 0 spiro atoms. The fourth-order valence-corrected chi connectivity index (χ4v) is 4.29. The number of nitrogens with one attached hydrogen (secondary N) is 2. The number of benzene rings is 2. The summed E-state index contributed by atoms with van der Waals surface area (Å²) in [6.07, 6.45) is 0. The van der Waals surface area contributed by atoms with Crippen molar-refractivity contribution in [2.75, 3.05) is 32.5 Å². The number of ether oxygens (including phenoxy) is 1. The molecule has 2 aliphatic heterocycles. The molecule has 158 valence electrons. The van der Waals surface area contributed by atoms with Gasteiger partial charge in [0.2, 0.25) is 5.91 Å². The Bertz CT molecular complexity index is 1240. The van der Waals surface area contributed by atoms with Crippen molar-refractivity contribution in [1.82, 2.24) is 20.4 Å². The molecule has 0 saturated carbocycles. The van der Waals surface area contributed by atoms with Crippen molar-refractivity contribution in [1.29, 1.82) is 0 Å². The smallest absolute Gasteiger partial charge is 0.256 e. The van der Waals surface area contributed by atoms with E-state index >= 15 is 0 Å². The number of likely N-dealkylation sites (N-methyl/N-ethyl adjacent to an activating group) is 1. The van der Waals surface area contributed by atoms with Crippen LogP contribution in [0.5, 0.6) is 0 Å². The van der Waals surface area contributed by atoms with Crippen LogP contribution in [0.1, 0.15) is 27.5 Å². The number of carbonyl (C=O) groups is 2. The van der Waals surface area contributed by atoms with Gasteiger partial charge < -0.3 is 20.7 Å². The monoisotopic (exact) mass is 417 g/mol. The summed E-state index contributed by atoms with van der Waals surface area (Å²) < 4.78 is 5.34. The molecular weight excluding hydrogens is 394 g/mol. The molecule has 1 saturated heterocycles. The van der Waals surface area contributed by atoms with E-state index < -0.39 is 0 Å². The number of amides is 2. The molecule has 2 aromatic carbocycles. The van der Waals surface area contributed by atoms with E-state index in [1.54, 1.807) is 18.0 Å². The number of anilines is 1. The molecule has 3 aromatic rings. The van der Waals surface area contributed by atoms with Crippen molar-refractivity contribution in [2.45, 2.75) is 12.5 Å². The summed E-state index contributed by atoms with van der Waals surface area (Å²) in [5.74, 6) is -0.142. The summed E-state index contributed by atoms with van der Waals surface area (Å²) in [5, 5.41) is 11.2. The Morgan fingerprint density at radius 3 is 2.87 bits per heavy atom. The van der Waals surface area contributed by atoms with Crippen LogP contribution in [0.25, 0.3) is 22.0 Å². The van der Waals surface area contributed by atoms with Crippen LogP contribution >= 0.6 is 0 Å². The van der Waals surface area contributed by atoms with E-state index in [0.717, 1.165) is 33.3 Å². The zero-order valence-corrected chi connectivity index (χ0v) is 17.2. The highest BCUT2D eigenvalue weighted by molar-refractivity contribution is 6.06. The van der Waals surface area contributed by atoms with Crippen LogP contribution in [0.3, 0.4) is 0 Å². The Balaban J connectivity index is 1.54. The van der Waals surface area contributed by atoms with Crippen LogP contribution in [-0.4, -0.2) is 53.7 Å². The highest BCUT2D eigenvalue weighted by Gasteiger charge is 2.33. The molecule has 1 aromatic heterocycles. The van der Waals surface area contributed by atoms with Gasteiger partial charge in [-0.15, -0.1) is 0 Å². The first-order valence-electron chi connectivity index (χ1n) is 10.1. The average Bonchev–Trinajstić information content (AvgIpc) is 3.28. The van der Waals surface area contributed by atoms with E-state index in [9.17, 15) is 9.59 Å². The van der Waals surface area contributed by atoms with Gasteiger partial charge in [0.05, 0.1) is 36.5 Å². The van der Waals surface area contributed by atoms with Crippen molar-refractivity contribution in [3.05, 3.63) is 59.3 Å². The second-order valence-electron chi connectivity index (χ2n) is 8.00. The summed E-state index contributed by atoms with van der Waals surface area (Å²) in [6, 6.07) is 9.81. The molecule has 31 heavy (non-hydrogen) atoms. The molecule has 5 rings (SSSR count). The number of carbonyl (C=O) groups excluding carboxylic acids is 2. The zero-order valence-electron chi connectivity index (χ0n) is 17.2. The Kier molecular flexibility index (Phi) is 4.51. The van der Waals surface area contributed by atoms with E-state index in [1.807, 2.05) is 18.2 Å². The molecule has 0 bridgehead atoms. The number of nitrogens with zero attached hydrogens (tertiary/aromatic N) is 2. The van der Waals surface area contributed by atoms with Crippen LogP contribution in [0.4, 0.5) is 5.69 Å². The molecule has 0 aliphatic carbocycles. The molecule has 0 atom stereocenters. The lowest BCUT2D eigenvalue weighted by Gasteiger charge is -2.25. The fourth-order valence-electron chi connectivity index (χ4n) is 4.29. The van der Waals surface area contributed by atoms with Crippen molar-refractivity contribution in [2.24, 2.45) is 0 Å². The first kappa shape index (κ1) is 19.3. The Hall–Kier alpha value is -3.65. The number of fused-ring (bicyclic) bond motifs is 2. The second kappa shape index (κ2) is 7.24. The van der Waals surface area contributed by atoms with Gasteiger partial charge in [-0.2, -0.15) is 5.10 Å². The quantitative estimate of drug-likeness (QED) is 0.435. The Morgan fingerprint density at radius 1 is 1.35 bits per heavy atom. The number of nitrogen functional groups attached to an aromatic ring is 1. The Labute approximate surface area is 179 Å². The van der Waals surface area contributed by atoms with Crippen LogP contribution in [0, 0.1) is 0 Å². The minimum absolute atomic E-state index is 0.151.